The third kappa shape index (κ3) is 3.15. The molecule has 0 unspecified atom stereocenters. The summed E-state index contributed by atoms with van der Waals surface area (Å²) < 4.78 is 0. The third-order valence-electron chi connectivity index (χ3n) is 1.99. The van der Waals surface area contributed by atoms with Gasteiger partial charge >= 0.3 is 0 Å². The first-order valence-electron chi connectivity index (χ1n) is 4.29. The highest BCUT2D eigenvalue weighted by Crippen LogP contribution is 1.99. The van der Waals surface area contributed by atoms with Gasteiger partial charge in [-0.3, -0.25) is 5.41 Å². The SMILES string of the molecule is CN(CCc1ccccc1)C(=N)N. The third-order valence-corrected chi connectivity index (χ3v) is 1.99. The minimum Gasteiger partial charge on any atom is -0.370 e. The maximum absolute atomic E-state index is 7.17. The Morgan fingerprint density at radius 2 is 2.00 bits per heavy atom. The van der Waals surface area contributed by atoms with Gasteiger partial charge < -0.3 is 10.6 Å². The van der Waals surface area contributed by atoms with E-state index in [2.05, 4.69) is 12.1 Å². The molecule has 13 heavy (non-hydrogen) atoms. The summed E-state index contributed by atoms with van der Waals surface area (Å²) in [5.74, 6) is 0.121. The first kappa shape index (κ1) is 9.58. The second-order valence-electron chi connectivity index (χ2n) is 3.04. The van der Waals surface area contributed by atoms with Crippen LogP contribution < -0.4 is 5.73 Å². The van der Waals surface area contributed by atoms with E-state index in [1.165, 1.54) is 5.56 Å². The van der Waals surface area contributed by atoms with Gasteiger partial charge in [0.25, 0.3) is 0 Å². The molecule has 3 heteroatoms. The van der Waals surface area contributed by atoms with E-state index in [1.54, 1.807) is 4.90 Å². The molecule has 0 aromatic heterocycles. The predicted octanol–water partition coefficient (Wildman–Crippen LogP) is 1.05. The number of rotatable bonds is 3. The van der Waals surface area contributed by atoms with Gasteiger partial charge in [0.2, 0.25) is 0 Å². The molecule has 1 aromatic carbocycles. The molecule has 0 radical (unpaired) electrons. The standard InChI is InChI=1S/C10H15N3/c1-13(10(11)12)8-7-9-5-3-2-4-6-9/h2-6H,7-8H2,1H3,(H3,11,12). The average molecular weight is 177 g/mol. The van der Waals surface area contributed by atoms with Crippen molar-refractivity contribution >= 4 is 5.96 Å². The number of nitrogens with zero attached hydrogens (tertiary/aromatic N) is 1. The van der Waals surface area contributed by atoms with Crippen molar-refractivity contribution in [3.63, 3.8) is 0 Å². The van der Waals surface area contributed by atoms with E-state index in [0.29, 0.717) is 0 Å². The zero-order valence-electron chi connectivity index (χ0n) is 7.83. The first-order valence-corrected chi connectivity index (χ1v) is 4.29. The van der Waals surface area contributed by atoms with Crippen LogP contribution in [0.5, 0.6) is 0 Å². The number of hydrogen-bond donors (Lipinski definition) is 2. The largest absolute Gasteiger partial charge is 0.370 e. The van der Waals surface area contributed by atoms with Crippen molar-refractivity contribution in [2.75, 3.05) is 13.6 Å². The van der Waals surface area contributed by atoms with Gasteiger partial charge in [0.05, 0.1) is 0 Å². The van der Waals surface area contributed by atoms with Crippen molar-refractivity contribution in [1.29, 1.82) is 5.41 Å². The Kier molecular flexibility index (Phi) is 3.31. The summed E-state index contributed by atoms with van der Waals surface area (Å²) in [6, 6.07) is 10.2. The molecule has 0 atom stereocenters. The highest BCUT2D eigenvalue weighted by Gasteiger charge is 1.98. The lowest BCUT2D eigenvalue weighted by atomic mass is 10.1. The van der Waals surface area contributed by atoms with Gasteiger partial charge in [-0.2, -0.15) is 0 Å². The van der Waals surface area contributed by atoms with Crippen LogP contribution in [-0.4, -0.2) is 24.5 Å². The number of benzene rings is 1. The summed E-state index contributed by atoms with van der Waals surface area (Å²) in [5, 5.41) is 7.17. The Balaban J connectivity index is 2.39. The Morgan fingerprint density at radius 3 is 2.54 bits per heavy atom. The highest BCUT2D eigenvalue weighted by atomic mass is 15.2. The molecule has 3 N–H and O–H groups in total. The second kappa shape index (κ2) is 4.50. The number of nitrogens with one attached hydrogen (secondary N) is 1. The smallest absolute Gasteiger partial charge is 0.188 e. The van der Waals surface area contributed by atoms with Crippen molar-refractivity contribution < 1.29 is 0 Å². The maximum atomic E-state index is 7.17. The summed E-state index contributed by atoms with van der Waals surface area (Å²) in [4.78, 5) is 1.73. The lowest BCUT2D eigenvalue weighted by Gasteiger charge is -2.15. The molecule has 1 aromatic rings. The topological polar surface area (TPSA) is 53.1 Å². The van der Waals surface area contributed by atoms with E-state index in [9.17, 15) is 0 Å². The van der Waals surface area contributed by atoms with E-state index in [-0.39, 0.29) is 5.96 Å². The molecule has 0 heterocycles. The molecule has 0 amide bonds. The first-order chi connectivity index (χ1) is 6.20. The summed E-state index contributed by atoms with van der Waals surface area (Å²) in [5.41, 5.74) is 6.58. The van der Waals surface area contributed by atoms with Gasteiger partial charge in [-0.15, -0.1) is 0 Å². The van der Waals surface area contributed by atoms with E-state index in [1.807, 2.05) is 25.2 Å². The van der Waals surface area contributed by atoms with Gasteiger partial charge in [-0.05, 0) is 12.0 Å². The summed E-state index contributed by atoms with van der Waals surface area (Å²) in [7, 11) is 1.82. The van der Waals surface area contributed by atoms with Gasteiger partial charge in [-0.25, -0.2) is 0 Å². The van der Waals surface area contributed by atoms with Crippen LogP contribution in [0.3, 0.4) is 0 Å². The Labute approximate surface area is 78.7 Å². The van der Waals surface area contributed by atoms with E-state index >= 15 is 0 Å². The molecular formula is C10H15N3. The zero-order valence-corrected chi connectivity index (χ0v) is 7.83. The van der Waals surface area contributed by atoms with Crippen LogP contribution in [0.25, 0.3) is 0 Å². The molecule has 1 rings (SSSR count). The van der Waals surface area contributed by atoms with Crippen LogP contribution in [0.15, 0.2) is 30.3 Å². The Bertz CT molecular complexity index is 269. The number of guanidine groups is 1. The summed E-state index contributed by atoms with van der Waals surface area (Å²) in [6.45, 7) is 0.791. The van der Waals surface area contributed by atoms with E-state index in [0.717, 1.165) is 13.0 Å². The highest BCUT2D eigenvalue weighted by molar-refractivity contribution is 5.74. The minimum atomic E-state index is 0.121. The Morgan fingerprint density at radius 1 is 1.38 bits per heavy atom. The molecular weight excluding hydrogens is 162 g/mol. The zero-order chi connectivity index (χ0) is 9.68. The lowest BCUT2D eigenvalue weighted by molar-refractivity contribution is 0.499. The van der Waals surface area contributed by atoms with Gasteiger partial charge in [0, 0.05) is 13.6 Å². The summed E-state index contributed by atoms with van der Waals surface area (Å²) in [6.07, 6.45) is 0.927. The van der Waals surface area contributed by atoms with Crippen molar-refractivity contribution in [2.45, 2.75) is 6.42 Å². The van der Waals surface area contributed by atoms with Gasteiger partial charge in [-0.1, -0.05) is 30.3 Å². The Hall–Kier alpha value is -1.51. The lowest BCUT2D eigenvalue weighted by Crippen LogP contribution is -2.34. The van der Waals surface area contributed by atoms with E-state index < -0.39 is 0 Å². The molecule has 0 spiro atoms. The van der Waals surface area contributed by atoms with Crippen LogP contribution in [0.1, 0.15) is 5.56 Å². The predicted molar refractivity (Wildman–Crippen MR) is 54.7 cm³/mol. The average Bonchev–Trinajstić information content (AvgIpc) is 2.15. The van der Waals surface area contributed by atoms with Gasteiger partial charge in [0.15, 0.2) is 5.96 Å². The molecule has 0 saturated heterocycles. The monoisotopic (exact) mass is 177 g/mol. The molecule has 0 aliphatic carbocycles. The molecule has 3 nitrogen and oxygen atoms in total. The quantitative estimate of drug-likeness (QED) is 0.535. The fourth-order valence-electron chi connectivity index (χ4n) is 1.06. The van der Waals surface area contributed by atoms with Gasteiger partial charge in [0.1, 0.15) is 0 Å². The van der Waals surface area contributed by atoms with E-state index in [4.69, 9.17) is 11.1 Å². The molecule has 70 valence electrons. The number of nitrogens with two attached hydrogens (primary N) is 1. The second-order valence-corrected chi connectivity index (χ2v) is 3.04. The van der Waals surface area contributed by atoms with Crippen LogP contribution in [-0.2, 0) is 6.42 Å². The molecule has 0 aliphatic heterocycles. The van der Waals surface area contributed by atoms with Crippen molar-refractivity contribution in [1.82, 2.24) is 4.90 Å². The molecule has 0 saturated carbocycles. The maximum Gasteiger partial charge on any atom is 0.188 e. The van der Waals surface area contributed by atoms with Crippen LogP contribution in [0.4, 0.5) is 0 Å². The minimum absolute atomic E-state index is 0.121. The fraction of sp³-hybridized carbons (Fsp3) is 0.300. The summed E-state index contributed by atoms with van der Waals surface area (Å²) >= 11 is 0. The van der Waals surface area contributed by atoms with Crippen molar-refractivity contribution in [3.05, 3.63) is 35.9 Å². The van der Waals surface area contributed by atoms with Crippen LogP contribution in [0.2, 0.25) is 0 Å². The fourth-order valence-corrected chi connectivity index (χ4v) is 1.06. The normalized spacial score (nSPS) is 9.62. The number of hydrogen-bond acceptors (Lipinski definition) is 1. The van der Waals surface area contributed by atoms with Crippen molar-refractivity contribution in [3.8, 4) is 0 Å². The molecule has 0 aliphatic rings. The molecule has 0 bridgehead atoms. The van der Waals surface area contributed by atoms with Crippen LogP contribution in [0, 0.1) is 5.41 Å². The van der Waals surface area contributed by atoms with Crippen LogP contribution >= 0.6 is 0 Å². The van der Waals surface area contributed by atoms with Crippen molar-refractivity contribution in [2.24, 2.45) is 5.73 Å². The number of likely N-dealkylation sites (N-methyl/N-ethyl adjacent to an activating group) is 1. The molecule has 0 fully saturated rings.